The van der Waals surface area contributed by atoms with Crippen LogP contribution in [-0.2, 0) is 12.4 Å². The fourth-order valence-corrected chi connectivity index (χ4v) is 1.40. The average Bonchev–Trinajstić information content (AvgIpc) is 2.24. The second-order valence-corrected chi connectivity index (χ2v) is 3.56. The maximum absolute atomic E-state index is 12.6. The molecule has 0 saturated heterocycles. The van der Waals surface area contributed by atoms with Crippen LogP contribution in [0.3, 0.4) is 0 Å². The third kappa shape index (κ3) is 4.14. The fraction of sp³-hybridized carbons (Fsp3) is 0.273. The molecule has 0 bridgehead atoms. The Morgan fingerprint density at radius 2 is 1.58 bits per heavy atom. The van der Waals surface area contributed by atoms with Crippen LogP contribution in [0.4, 0.5) is 26.3 Å². The average molecular weight is 306 g/mol. The molecule has 0 radical (unpaired) electrons. The van der Waals surface area contributed by atoms with E-state index in [1.165, 1.54) is 0 Å². The predicted octanol–water partition coefficient (Wildman–Crippen LogP) is 4.33. The van der Waals surface area contributed by atoms with E-state index < -0.39 is 35.1 Å². The van der Waals surface area contributed by atoms with Gasteiger partial charge in [-0.1, -0.05) is 6.08 Å². The second kappa shape index (κ2) is 5.83. The zero-order valence-electron chi connectivity index (χ0n) is 9.35. The predicted molar refractivity (Wildman–Crippen MR) is 60.8 cm³/mol. The van der Waals surface area contributed by atoms with E-state index in [0.717, 1.165) is 6.08 Å². The highest BCUT2D eigenvalue weighted by molar-refractivity contribution is 5.85. The van der Waals surface area contributed by atoms with Crippen molar-refractivity contribution in [3.8, 4) is 0 Å². The monoisotopic (exact) mass is 305 g/mol. The summed E-state index contributed by atoms with van der Waals surface area (Å²) in [7, 11) is 0. The molecule has 108 valence electrons. The van der Waals surface area contributed by atoms with Gasteiger partial charge in [0.05, 0.1) is 11.1 Å². The molecule has 0 saturated carbocycles. The molecule has 1 atom stereocenters. The largest absolute Gasteiger partial charge is 0.416 e. The standard InChI is InChI=1S/C11H9F6N.ClH/c1-2-9(18)7-5-6(10(12,13)14)3-4-8(7)11(15,16)17;/h2-5,9H,1,18H2;1H/t9-;/m0./s1. The van der Waals surface area contributed by atoms with Crippen LogP contribution in [0.25, 0.3) is 0 Å². The van der Waals surface area contributed by atoms with Gasteiger partial charge in [-0.15, -0.1) is 19.0 Å². The van der Waals surface area contributed by atoms with Crippen LogP contribution in [0.15, 0.2) is 30.9 Å². The Morgan fingerprint density at radius 3 is 1.95 bits per heavy atom. The Hall–Kier alpha value is -1.21. The first-order valence-corrected chi connectivity index (χ1v) is 4.74. The summed E-state index contributed by atoms with van der Waals surface area (Å²) < 4.78 is 75.1. The van der Waals surface area contributed by atoms with Crippen molar-refractivity contribution in [3.63, 3.8) is 0 Å². The van der Waals surface area contributed by atoms with Crippen molar-refractivity contribution in [1.29, 1.82) is 0 Å². The molecule has 1 aromatic carbocycles. The molecular weight excluding hydrogens is 296 g/mol. The molecule has 1 nitrogen and oxygen atoms in total. The van der Waals surface area contributed by atoms with Crippen molar-refractivity contribution < 1.29 is 26.3 Å². The van der Waals surface area contributed by atoms with Crippen molar-refractivity contribution >= 4 is 12.4 Å². The Bertz CT molecular complexity index is 451. The number of nitrogens with two attached hydrogens (primary N) is 1. The minimum Gasteiger partial charge on any atom is -0.321 e. The van der Waals surface area contributed by atoms with Crippen LogP contribution in [0, 0.1) is 0 Å². The van der Waals surface area contributed by atoms with Crippen molar-refractivity contribution in [1.82, 2.24) is 0 Å². The van der Waals surface area contributed by atoms with E-state index in [9.17, 15) is 26.3 Å². The first-order valence-electron chi connectivity index (χ1n) is 4.74. The van der Waals surface area contributed by atoms with E-state index in [1.807, 2.05) is 0 Å². The lowest BCUT2D eigenvalue weighted by Crippen LogP contribution is -2.18. The highest BCUT2D eigenvalue weighted by atomic mass is 35.5. The van der Waals surface area contributed by atoms with E-state index in [4.69, 9.17) is 5.73 Å². The van der Waals surface area contributed by atoms with Crippen molar-refractivity contribution in [2.75, 3.05) is 0 Å². The topological polar surface area (TPSA) is 26.0 Å². The van der Waals surface area contributed by atoms with Crippen LogP contribution in [0.1, 0.15) is 22.7 Å². The van der Waals surface area contributed by atoms with Crippen LogP contribution < -0.4 is 5.73 Å². The van der Waals surface area contributed by atoms with Gasteiger partial charge in [-0.25, -0.2) is 0 Å². The number of alkyl halides is 6. The molecule has 0 unspecified atom stereocenters. The minimum absolute atomic E-state index is 0. The molecule has 0 aliphatic heterocycles. The SMILES string of the molecule is C=C[C@H](N)c1cc(C(F)(F)F)ccc1C(F)(F)F.Cl. The normalized spacial score (nSPS) is 13.6. The van der Waals surface area contributed by atoms with Gasteiger partial charge in [-0.3, -0.25) is 0 Å². The van der Waals surface area contributed by atoms with Gasteiger partial charge in [-0.2, -0.15) is 26.3 Å². The molecule has 0 amide bonds. The van der Waals surface area contributed by atoms with E-state index in [0.29, 0.717) is 18.2 Å². The summed E-state index contributed by atoms with van der Waals surface area (Å²) in [5.41, 5.74) is 2.30. The number of hydrogen-bond acceptors (Lipinski definition) is 1. The molecule has 8 heteroatoms. The molecule has 0 heterocycles. The quantitative estimate of drug-likeness (QED) is 0.638. The van der Waals surface area contributed by atoms with Gasteiger partial charge in [0.25, 0.3) is 0 Å². The van der Waals surface area contributed by atoms with Crippen LogP contribution in [0.5, 0.6) is 0 Å². The molecule has 0 aliphatic carbocycles. The van der Waals surface area contributed by atoms with E-state index in [2.05, 4.69) is 6.58 Å². The molecule has 0 fully saturated rings. The van der Waals surface area contributed by atoms with Gasteiger partial charge in [0.1, 0.15) is 0 Å². The molecule has 0 spiro atoms. The third-order valence-corrected chi connectivity index (χ3v) is 2.30. The highest BCUT2D eigenvalue weighted by Gasteiger charge is 2.37. The minimum atomic E-state index is -4.76. The van der Waals surface area contributed by atoms with Gasteiger partial charge >= 0.3 is 12.4 Å². The number of benzene rings is 1. The molecular formula is C11H10ClF6N. The Balaban J connectivity index is 0.00000324. The summed E-state index contributed by atoms with van der Waals surface area (Å²) in [4.78, 5) is 0. The van der Waals surface area contributed by atoms with Crippen LogP contribution >= 0.6 is 12.4 Å². The maximum atomic E-state index is 12.6. The summed E-state index contributed by atoms with van der Waals surface area (Å²) in [6.45, 7) is 3.18. The first kappa shape index (κ1) is 17.8. The van der Waals surface area contributed by atoms with Gasteiger partial charge < -0.3 is 5.73 Å². The number of rotatable bonds is 2. The second-order valence-electron chi connectivity index (χ2n) is 3.56. The van der Waals surface area contributed by atoms with Crippen molar-refractivity contribution in [2.24, 2.45) is 5.73 Å². The van der Waals surface area contributed by atoms with Crippen molar-refractivity contribution in [2.45, 2.75) is 18.4 Å². The smallest absolute Gasteiger partial charge is 0.321 e. The van der Waals surface area contributed by atoms with Crippen LogP contribution in [-0.4, -0.2) is 0 Å². The molecule has 1 aromatic rings. The summed E-state index contributed by atoms with van der Waals surface area (Å²) >= 11 is 0. The molecule has 1 rings (SSSR count). The molecule has 0 aromatic heterocycles. The molecule has 0 aliphatic rings. The highest BCUT2D eigenvalue weighted by Crippen LogP contribution is 2.38. The van der Waals surface area contributed by atoms with Crippen molar-refractivity contribution in [3.05, 3.63) is 47.5 Å². The fourth-order valence-electron chi connectivity index (χ4n) is 1.40. The lowest BCUT2D eigenvalue weighted by atomic mass is 9.97. The van der Waals surface area contributed by atoms with Crippen LogP contribution in [0.2, 0.25) is 0 Å². The summed E-state index contributed by atoms with van der Waals surface area (Å²) in [6.07, 6.45) is -8.54. The van der Waals surface area contributed by atoms with E-state index in [-0.39, 0.29) is 12.4 Å². The first-order chi connectivity index (χ1) is 8.07. The van der Waals surface area contributed by atoms with Gasteiger partial charge in [0, 0.05) is 6.04 Å². The number of hydrogen-bond donors (Lipinski definition) is 1. The lowest BCUT2D eigenvalue weighted by molar-refractivity contribution is -0.141. The summed E-state index contributed by atoms with van der Waals surface area (Å²) in [5, 5.41) is 0. The molecule has 2 N–H and O–H groups in total. The lowest BCUT2D eigenvalue weighted by Gasteiger charge is -2.18. The zero-order chi connectivity index (χ0) is 14.1. The number of halogens is 7. The Labute approximate surface area is 111 Å². The summed E-state index contributed by atoms with van der Waals surface area (Å²) in [6, 6.07) is -0.164. The molecule has 19 heavy (non-hydrogen) atoms. The summed E-state index contributed by atoms with van der Waals surface area (Å²) in [5.74, 6) is 0. The Morgan fingerprint density at radius 1 is 1.05 bits per heavy atom. The third-order valence-electron chi connectivity index (χ3n) is 2.30. The maximum Gasteiger partial charge on any atom is 0.416 e. The zero-order valence-corrected chi connectivity index (χ0v) is 10.2. The van der Waals surface area contributed by atoms with Gasteiger partial charge in [-0.05, 0) is 23.8 Å². The van der Waals surface area contributed by atoms with Gasteiger partial charge in [0.15, 0.2) is 0 Å². The van der Waals surface area contributed by atoms with Gasteiger partial charge in [0.2, 0.25) is 0 Å². The van der Waals surface area contributed by atoms with E-state index in [1.54, 1.807) is 0 Å². The Kier molecular flexibility index (Phi) is 5.46. The van der Waals surface area contributed by atoms with E-state index >= 15 is 0 Å².